The number of carbonyl (C=O) groups excluding carboxylic acids is 2. The lowest BCUT2D eigenvalue weighted by Gasteiger charge is -2.36. The number of benzene rings is 2. The highest BCUT2D eigenvalue weighted by Crippen LogP contribution is 2.46. The molecule has 2 aliphatic rings. The summed E-state index contributed by atoms with van der Waals surface area (Å²) in [7, 11) is 2.09. The third-order valence-electron chi connectivity index (χ3n) is 7.53. The van der Waals surface area contributed by atoms with Gasteiger partial charge in [-0.2, -0.15) is 0 Å². The average Bonchev–Trinajstić information content (AvgIpc) is 3.21. The fraction of sp³-hybridized carbons (Fsp3) is 0.357. The van der Waals surface area contributed by atoms with Crippen molar-refractivity contribution in [3.05, 3.63) is 60.2 Å². The van der Waals surface area contributed by atoms with Gasteiger partial charge in [0.05, 0.1) is 22.8 Å². The standard InChI is InChI=1S/C28H29ClFN5O3/c1-3-26(37)34-23-12-19-22(31-16-32-27(19)33-18-4-5-21(30)20(29)11-18)13-24(23)38-15-17-10-25(36)28(14-17)6-8-35(2)9-7-28/h3-5,11-13,16-17H,1,6-10,14-15H2,2H3,(H,34,37)(H,31,32,33). The number of Topliss-reactive ketones (excluding diaryl/α,β-unsaturated/α-hetero) is 1. The van der Waals surface area contributed by atoms with Gasteiger partial charge in [-0.25, -0.2) is 14.4 Å². The zero-order valence-electron chi connectivity index (χ0n) is 21.1. The number of likely N-dealkylation sites (tertiary alicyclic amines) is 1. The molecule has 10 heteroatoms. The third-order valence-corrected chi connectivity index (χ3v) is 7.82. The molecule has 5 rings (SSSR count). The summed E-state index contributed by atoms with van der Waals surface area (Å²) in [6.45, 7) is 5.76. The van der Waals surface area contributed by atoms with Crippen molar-refractivity contribution in [3.8, 4) is 5.75 Å². The van der Waals surface area contributed by atoms with Gasteiger partial charge in [0.25, 0.3) is 0 Å². The van der Waals surface area contributed by atoms with Gasteiger partial charge in [0.1, 0.15) is 29.5 Å². The summed E-state index contributed by atoms with van der Waals surface area (Å²) in [6, 6.07) is 7.73. The van der Waals surface area contributed by atoms with Crippen LogP contribution in [0.4, 0.5) is 21.6 Å². The van der Waals surface area contributed by atoms with Crippen molar-refractivity contribution in [2.45, 2.75) is 25.7 Å². The number of halogens is 2. The summed E-state index contributed by atoms with van der Waals surface area (Å²) < 4.78 is 19.8. The van der Waals surface area contributed by atoms with E-state index in [2.05, 4.69) is 39.1 Å². The lowest BCUT2D eigenvalue weighted by molar-refractivity contribution is -0.128. The molecule has 3 aromatic rings. The van der Waals surface area contributed by atoms with Crippen molar-refractivity contribution < 1.29 is 18.7 Å². The molecule has 38 heavy (non-hydrogen) atoms. The van der Waals surface area contributed by atoms with E-state index in [0.717, 1.165) is 32.4 Å². The van der Waals surface area contributed by atoms with Crippen LogP contribution >= 0.6 is 11.6 Å². The van der Waals surface area contributed by atoms with Crippen LogP contribution in [0.25, 0.3) is 10.9 Å². The first kappa shape index (κ1) is 26.1. The Morgan fingerprint density at radius 2 is 2.08 bits per heavy atom. The number of hydrogen-bond donors (Lipinski definition) is 2. The smallest absolute Gasteiger partial charge is 0.247 e. The van der Waals surface area contributed by atoms with Crippen molar-refractivity contribution in [2.24, 2.45) is 11.3 Å². The molecule has 2 N–H and O–H groups in total. The van der Waals surface area contributed by atoms with Crippen LogP contribution in [0.15, 0.2) is 49.3 Å². The van der Waals surface area contributed by atoms with E-state index in [1.54, 1.807) is 18.2 Å². The molecule has 1 aromatic heterocycles. The number of hydrogen-bond acceptors (Lipinski definition) is 7. The second-order valence-corrected chi connectivity index (χ2v) is 10.5. The fourth-order valence-electron chi connectivity index (χ4n) is 5.37. The van der Waals surface area contributed by atoms with E-state index < -0.39 is 11.7 Å². The molecule has 1 saturated carbocycles. The lowest BCUT2D eigenvalue weighted by atomic mass is 9.76. The monoisotopic (exact) mass is 537 g/mol. The van der Waals surface area contributed by atoms with E-state index >= 15 is 0 Å². The molecule has 1 aliphatic carbocycles. The number of piperidine rings is 1. The second-order valence-electron chi connectivity index (χ2n) is 10.1. The molecule has 8 nitrogen and oxygen atoms in total. The Bertz CT molecular complexity index is 1410. The van der Waals surface area contributed by atoms with Crippen LogP contribution in [-0.4, -0.2) is 53.3 Å². The molecule has 2 heterocycles. The molecule has 0 radical (unpaired) electrons. The van der Waals surface area contributed by atoms with Gasteiger partial charge in [-0.05, 0) is 69.7 Å². The summed E-state index contributed by atoms with van der Waals surface area (Å²) in [5, 5.41) is 6.52. The molecular weight excluding hydrogens is 509 g/mol. The number of ketones is 1. The number of amides is 1. The van der Waals surface area contributed by atoms with Gasteiger partial charge < -0.3 is 20.3 Å². The highest BCUT2D eigenvalue weighted by Gasteiger charge is 2.47. The zero-order chi connectivity index (χ0) is 26.9. The topological polar surface area (TPSA) is 96.5 Å². The van der Waals surface area contributed by atoms with Crippen LogP contribution in [0.2, 0.25) is 5.02 Å². The first-order valence-corrected chi connectivity index (χ1v) is 12.9. The molecule has 1 unspecified atom stereocenters. The molecule has 1 aliphatic heterocycles. The van der Waals surface area contributed by atoms with Gasteiger partial charge in [-0.1, -0.05) is 18.2 Å². The van der Waals surface area contributed by atoms with Crippen LogP contribution < -0.4 is 15.4 Å². The minimum absolute atomic E-state index is 0.0181. The second kappa shape index (κ2) is 10.7. The predicted octanol–water partition coefficient (Wildman–Crippen LogP) is 5.36. The van der Waals surface area contributed by atoms with Crippen molar-refractivity contribution in [1.82, 2.24) is 14.9 Å². The summed E-state index contributed by atoms with van der Waals surface area (Å²) in [6.07, 6.45) is 5.68. The number of rotatable bonds is 7. The maximum Gasteiger partial charge on any atom is 0.247 e. The number of anilines is 3. The molecule has 1 atom stereocenters. The molecular formula is C28H29ClFN5O3. The van der Waals surface area contributed by atoms with Crippen LogP contribution in [-0.2, 0) is 9.59 Å². The minimum Gasteiger partial charge on any atom is -0.491 e. The van der Waals surface area contributed by atoms with Crippen LogP contribution in [0.5, 0.6) is 5.75 Å². The summed E-state index contributed by atoms with van der Waals surface area (Å²) in [5.41, 5.74) is 1.32. The van der Waals surface area contributed by atoms with Crippen molar-refractivity contribution in [3.63, 3.8) is 0 Å². The van der Waals surface area contributed by atoms with E-state index in [-0.39, 0.29) is 16.4 Å². The zero-order valence-corrected chi connectivity index (χ0v) is 21.9. The quantitative estimate of drug-likeness (QED) is 0.392. The van der Waals surface area contributed by atoms with E-state index in [4.69, 9.17) is 16.3 Å². The Hall–Kier alpha value is -3.56. The Kier molecular flexibility index (Phi) is 7.32. The van der Waals surface area contributed by atoms with Crippen LogP contribution in [0.3, 0.4) is 0 Å². The summed E-state index contributed by atoms with van der Waals surface area (Å²) in [4.78, 5) is 36.1. The summed E-state index contributed by atoms with van der Waals surface area (Å²) in [5.74, 6) is 0.416. The van der Waals surface area contributed by atoms with Gasteiger partial charge in [0, 0.05) is 34.9 Å². The fourth-order valence-corrected chi connectivity index (χ4v) is 5.55. The molecule has 2 aromatic carbocycles. The normalized spacial score (nSPS) is 19.0. The highest BCUT2D eigenvalue weighted by molar-refractivity contribution is 6.31. The van der Waals surface area contributed by atoms with E-state index in [9.17, 15) is 14.0 Å². The first-order valence-electron chi connectivity index (χ1n) is 12.6. The Morgan fingerprint density at radius 3 is 2.82 bits per heavy atom. The molecule has 1 spiro atoms. The van der Waals surface area contributed by atoms with Crippen molar-refractivity contribution in [2.75, 3.05) is 37.4 Å². The van der Waals surface area contributed by atoms with E-state index in [1.165, 1.54) is 24.5 Å². The molecule has 2 fully saturated rings. The maximum absolute atomic E-state index is 13.6. The summed E-state index contributed by atoms with van der Waals surface area (Å²) >= 11 is 5.92. The number of aromatic nitrogens is 2. The molecule has 0 bridgehead atoms. The minimum atomic E-state index is -0.522. The van der Waals surface area contributed by atoms with Crippen molar-refractivity contribution >= 4 is 51.4 Å². The van der Waals surface area contributed by atoms with Gasteiger partial charge in [0.15, 0.2) is 0 Å². The third kappa shape index (κ3) is 5.35. The lowest BCUT2D eigenvalue weighted by Crippen LogP contribution is -2.40. The average molecular weight is 538 g/mol. The van der Waals surface area contributed by atoms with Gasteiger partial charge in [0.2, 0.25) is 5.91 Å². The highest BCUT2D eigenvalue weighted by atomic mass is 35.5. The number of ether oxygens (including phenoxy) is 1. The Balaban J connectivity index is 1.40. The maximum atomic E-state index is 13.6. The Morgan fingerprint density at radius 1 is 1.29 bits per heavy atom. The number of nitrogens with zero attached hydrogens (tertiary/aromatic N) is 3. The molecule has 1 saturated heterocycles. The van der Waals surface area contributed by atoms with Gasteiger partial charge in [-0.3, -0.25) is 9.59 Å². The van der Waals surface area contributed by atoms with Crippen LogP contribution in [0, 0.1) is 17.2 Å². The molecule has 198 valence electrons. The molecule has 1 amide bonds. The van der Waals surface area contributed by atoms with Gasteiger partial charge >= 0.3 is 0 Å². The van der Waals surface area contributed by atoms with E-state index in [0.29, 0.717) is 52.7 Å². The Labute approximate surface area is 225 Å². The van der Waals surface area contributed by atoms with E-state index in [1.807, 2.05) is 0 Å². The number of fused-ring (bicyclic) bond motifs is 1. The number of nitrogens with one attached hydrogen (secondary N) is 2. The van der Waals surface area contributed by atoms with Crippen LogP contribution in [0.1, 0.15) is 25.7 Å². The van der Waals surface area contributed by atoms with Gasteiger partial charge in [-0.15, -0.1) is 0 Å². The first-order chi connectivity index (χ1) is 18.3. The predicted molar refractivity (Wildman–Crippen MR) is 145 cm³/mol. The SMILES string of the molecule is C=CC(=O)Nc1cc2c(Nc3ccc(F)c(Cl)c3)ncnc2cc1OCC1CC(=O)C2(CCN(C)CC2)C1. The van der Waals surface area contributed by atoms with Crippen molar-refractivity contribution in [1.29, 1.82) is 0 Å². The largest absolute Gasteiger partial charge is 0.491 e. The number of carbonyl (C=O) groups is 2.